The molecule has 0 bridgehead atoms. The number of rotatable bonds is 4. The van der Waals surface area contributed by atoms with Crippen molar-refractivity contribution in [2.75, 3.05) is 13.1 Å². The highest BCUT2D eigenvalue weighted by molar-refractivity contribution is 5.97. The summed E-state index contributed by atoms with van der Waals surface area (Å²) in [6.07, 6.45) is 0. The summed E-state index contributed by atoms with van der Waals surface area (Å²) >= 11 is 0. The summed E-state index contributed by atoms with van der Waals surface area (Å²) in [5.74, 6) is -0.508. The predicted molar refractivity (Wildman–Crippen MR) is 59.1 cm³/mol. The van der Waals surface area contributed by atoms with Crippen molar-refractivity contribution < 1.29 is 14.3 Å². The zero-order valence-corrected chi connectivity index (χ0v) is 9.03. The fourth-order valence-corrected chi connectivity index (χ4v) is 1.18. The van der Waals surface area contributed by atoms with Gasteiger partial charge in [-0.25, -0.2) is 0 Å². The molecule has 0 atom stereocenters. The first-order valence-electron chi connectivity index (χ1n) is 4.91. The van der Waals surface area contributed by atoms with Crippen LogP contribution in [0.4, 0.5) is 0 Å². The molecule has 5 heteroatoms. The van der Waals surface area contributed by atoms with Gasteiger partial charge >= 0.3 is 5.97 Å². The maximum Gasteiger partial charge on any atom is 0.308 e. The Labute approximate surface area is 93.6 Å². The lowest BCUT2D eigenvalue weighted by Gasteiger charge is -2.08. The number of carbonyl (C=O) groups excluding carboxylic acids is 2. The second-order valence-electron chi connectivity index (χ2n) is 3.13. The van der Waals surface area contributed by atoms with Gasteiger partial charge in [0.2, 0.25) is 0 Å². The van der Waals surface area contributed by atoms with Gasteiger partial charge in [0.05, 0.1) is 5.56 Å². The maximum absolute atomic E-state index is 11.6. The van der Waals surface area contributed by atoms with Crippen LogP contribution in [0.3, 0.4) is 0 Å². The largest absolute Gasteiger partial charge is 0.426 e. The molecule has 1 aromatic rings. The molecule has 0 saturated carbocycles. The Balaban J connectivity index is 2.85. The molecule has 0 saturated heterocycles. The number of para-hydroxylation sites is 1. The van der Waals surface area contributed by atoms with E-state index in [0.717, 1.165) is 0 Å². The van der Waals surface area contributed by atoms with Crippen LogP contribution in [-0.4, -0.2) is 25.0 Å². The van der Waals surface area contributed by atoms with Gasteiger partial charge in [-0.05, 0) is 12.1 Å². The molecule has 0 aliphatic rings. The fourth-order valence-electron chi connectivity index (χ4n) is 1.18. The Kier molecular flexibility index (Phi) is 4.47. The average molecular weight is 222 g/mol. The number of hydrogen-bond acceptors (Lipinski definition) is 4. The molecule has 0 radical (unpaired) electrons. The Morgan fingerprint density at radius 2 is 2.06 bits per heavy atom. The summed E-state index contributed by atoms with van der Waals surface area (Å²) < 4.78 is 4.92. The van der Waals surface area contributed by atoms with Crippen LogP contribution in [-0.2, 0) is 4.79 Å². The summed E-state index contributed by atoms with van der Waals surface area (Å²) in [5, 5.41) is 2.61. The van der Waals surface area contributed by atoms with E-state index in [2.05, 4.69) is 5.32 Å². The van der Waals surface area contributed by atoms with Crippen LogP contribution >= 0.6 is 0 Å². The van der Waals surface area contributed by atoms with Crippen LogP contribution < -0.4 is 15.8 Å². The summed E-state index contributed by atoms with van der Waals surface area (Å²) in [4.78, 5) is 22.5. The van der Waals surface area contributed by atoms with E-state index < -0.39 is 5.97 Å². The van der Waals surface area contributed by atoms with E-state index in [9.17, 15) is 9.59 Å². The number of nitrogens with two attached hydrogens (primary N) is 1. The van der Waals surface area contributed by atoms with E-state index in [1.54, 1.807) is 24.3 Å². The van der Waals surface area contributed by atoms with Crippen LogP contribution in [0.5, 0.6) is 5.75 Å². The van der Waals surface area contributed by atoms with Crippen LogP contribution in [0.1, 0.15) is 17.3 Å². The van der Waals surface area contributed by atoms with Gasteiger partial charge in [-0.3, -0.25) is 9.59 Å². The molecule has 0 aliphatic heterocycles. The molecule has 0 fully saturated rings. The highest BCUT2D eigenvalue weighted by atomic mass is 16.5. The molecule has 86 valence electrons. The Morgan fingerprint density at radius 1 is 1.38 bits per heavy atom. The highest BCUT2D eigenvalue weighted by Crippen LogP contribution is 2.17. The van der Waals surface area contributed by atoms with E-state index in [-0.39, 0.29) is 11.7 Å². The van der Waals surface area contributed by atoms with E-state index in [1.165, 1.54) is 6.92 Å². The molecule has 0 heterocycles. The standard InChI is InChI=1S/C11H14N2O3/c1-8(14)16-10-5-3-2-4-9(10)11(15)13-7-6-12/h2-5H,6-7,12H2,1H3,(H,13,15). The SMILES string of the molecule is CC(=O)Oc1ccccc1C(=O)NCCN. The minimum absolute atomic E-state index is 0.254. The maximum atomic E-state index is 11.6. The first kappa shape index (κ1) is 12.2. The third-order valence-electron chi connectivity index (χ3n) is 1.82. The van der Waals surface area contributed by atoms with Gasteiger partial charge in [0.1, 0.15) is 5.75 Å². The normalized spacial score (nSPS) is 9.62. The van der Waals surface area contributed by atoms with Gasteiger partial charge in [0, 0.05) is 20.0 Å². The number of nitrogens with one attached hydrogen (secondary N) is 1. The molecule has 0 spiro atoms. The molecular weight excluding hydrogens is 208 g/mol. The van der Waals surface area contributed by atoms with E-state index in [4.69, 9.17) is 10.5 Å². The highest BCUT2D eigenvalue weighted by Gasteiger charge is 2.12. The van der Waals surface area contributed by atoms with Gasteiger partial charge in [-0.1, -0.05) is 12.1 Å². The molecular formula is C11H14N2O3. The lowest BCUT2D eigenvalue weighted by atomic mass is 10.2. The van der Waals surface area contributed by atoms with Crippen molar-refractivity contribution >= 4 is 11.9 Å². The van der Waals surface area contributed by atoms with Gasteiger partial charge in [-0.15, -0.1) is 0 Å². The van der Waals surface area contributed by atoms with Gasteiger partial charge in [-0.2, -0.15) is 0 Å². The zero-order valence-electron chi connectivity index (χ0n) is 9.03. The summed E-state index contributed by atoms with van der Waals surface area (Å²) in [7, 11) is 0. The molecule has 3 N–H and O–H groups in total. The van der Waals surface area contributed by atoms with Crippen molar-refractivity contribution in [1.29, 1.82) is 0 Å². The predicted octanol–water partition coefficient (Wildman–Crippen LogP) is 0.300. The molecule has 1 rings (SSSR count). The van der Waals surface area contributed by atoms with Crippen LogP contribution in [0.15, 0.2) is 24.3 Å². The van der Waals surface area contributed by atoms with Crippen molar-refractivity contribution in [1.82, 2.24) is 5.32 Å². The second kappa shape index (κ2) is 5.87. The van der Waals surface area contributed by atoms with Crippen molar-refractivity contribution in [3.63, 3.8) is 0 Å². The topological polar surface area (TPSA) is 81.4 Å². The summed E-state index contributed by atoms with van der Waals surface area (Å²) in [6.45, 7) is 2.03. The van der Waals surface area contributed by atoms with Crippen LogP contribution in [0.2, 0.25) is 0 Å². The first-order valence-corrected chi connectivity index (χ1v) is 4.91. The second-order valence-corrected chi connectivity index (χ2v) is 3.13. The lowest BCUT2D eigenvalue weighted by molar-refractivity contribution is -0.131. The summed E-state index contributed by atoms with van der Waals surface area (Å²) in [5.41, 5.74) is 5.60. The van der Waals surface area contributed by atoms with E-state index >= 15 is 0 Å². The number of benzene rings is 1. The smallest absolute Gasteiger partial charge is 0.308 e. The monoisotopic (exact) mass is 222 g/mol. The fraction of sp³-hybridized carbons (Fsp3) is 0.273. The average Bonchev–Trinajstić information content (AvgIpc) is 2.26. The molecule has 16 heavy (non-hydrogen) atoms. The third-order valence-corrected chi connectivity index (χ3v) is 1.82. The molecule has 0 unspecified atom stereocenters. The first-order chi connectivity index (χ1) is 7.65. The molecule has 5 nitrogen and oxygen atoms in total. The van der Waals surface area contributed by atoms with Crippen LogP contribution in [0, 0.1) is 0 Å². The lowest BCUT2D eigenvalue weighted by Crippen LogP contribution is -2.29. The van der Waals surface area contributed by atoms with Gasteiger partial charge in [0.15, 0.2) is 0 Å². The Bertz CT molecular complexity index is 391. The van der Waals surface area contributed by atoms with Gasteiger partial charge in [0.25, 0.3) is 5.91 Å². The van der Waals surface area contributed by atoms with Crippen molar-refractivity contribution in [3.05, 3.63) is 29.8 Å². The van der Waals surface area contributed by atoms with Crippen molar-refractivity contribution in [2.24, 2.45) is 5.73 Å². The third kappa shape index (κ3) is 3.36. The Hall–Kier alpha value is -1.88. The quantitative estimate of drug-likeness (QED) is 0.567. The van der Waals surface area contributed by atoms with E-state index in [1.807, 2.05) is 0 Å². The number of esters is 1. The number of hydrogen-bond donors (Lipinski definition) is 2. The van der Waals surface area contributed by atoms with Gasteiger partial charge < -0.3 is 15.8 Å². The molecule has 1 amide bonds. The molecule has 0 aliphatic carbocycles. The van der Waals surface area contributed by atoms with Crippen LogP contribution in [0.25, 0.3) is 0 Å². The number of amides is 1. The molecule has 1 aromatic carbocycles. The Morgan fingerprint density at radius 3 is 2.69 bits per heavy atom. The number of ether oxygens (including phenoxy) is 1. The minimum Gasteiger partial charge on any atom is -0.426 e. The zero-order chi connectivity index (χ0) is 12.0. The minimum atomic E-state index is -0.459. The van der Waals surface area contributed by atoms with Crippen molar-refractivity contribution in [2.45, 2.75) is 6.92 Å². The number of carbonyl (C=O) groups is 2. The van der Waals surface area contributed by atoms with E-state index in [0.29, 0.717) is 18.7 Å². The molecule has 0 aromatic heterocycles. The summed E-state index contributed by atoms with van der Waals surface area (Å²) in [6, 6.07) is 6.55. The van der Waals surface area contributed by atoms with Crippen molar-refractivity contribution in [3.8, 4) is 5.75 Å².